The molecule has 110 valence electrons. The average Bonchev–Trinajstić information content (AvgIpc) is 2.68. The molecule has 0 spiro atoms. The number of thiocarbonyl (C=S) groups is 1. The summed E-state index contributed by atoms with van der Waals surface area (Å²) in [6.07, 6.45) is 1.40. The predicted octanol–water partition coefficient (Wildman–Crippen LogP) is 3.28. The number of phenols is 1. The molecule has 0 aliphatic carbocycles. The number of thioether (sulfide) groups is 1. The first kappa shape index (κ1) is 15.9. The minimum absolute atomic E-state index is 0.164. The van der Waals surface area contributed by atoms with Crippen LogP contribution >= 0.6 is 39.9 Å². The van der Waals surface area contributed by atoms with E-state index in [9.17, 15) is 20.0 Å². The molecular weight excluding hydrogens is 380 g/mol. The molecule has 21 heavy (non-hydrogen) atoms. The van der Waals surface area contributed by atoms with E-state index in [0.29, 0.717) is 15.8 Å². The number of phenolic OH excluding ortho intramolecular Hbond substituents is 1. The SMILES string of the molecule is CCN1C(=O)C(=Cc2cc([N+](=O)[O-])cc(Br)c2O)SC1=S. The molecular formula is C12H9BrN2O4S2. The second-order valence-corrected chi connectivity index (χ2v) is 6.58. The number of non-ortho nitro benzene ring substituents is 1. The first-order valence-corrected chi connectivity index (χ1v) is 7.79. The summed E-state index contributed by atoms with van der Waals surface area (Å²) in [4.78, 5) is 24.1. The molecule has 0 unspecified atom stereocenters. The highest BCUT2D eigenvalue weighted by atomic mass is 79.9. The van der Waals surface area contributed by atoms with Crippen LogP contribution in [0, 0.1) is 10.1 Å². The number of carbonyl (C=O) groups excluding carboxylic acids is 1. The van der Waals surface area contributed by atoms with E-state index < -0.39 is 4.92 Å². The van der Waals surface area contributed by atoms with Crippen LogP contribution < -0.4 is 0 Å². The summed E-state index contributed by atoms with van der Waals surface area (Å²) in [5.41, 5.74) is 0.00423. The number of rotatable bonds is 3. The minimum Gasteiger partial charge on any atom is -0.506 e. The van der Waals surface area contributed by atoms with Gasteiger partial charge < -0.3 is 5.11 Å². The maximum absolute atomic E-state index is 12.1. The summed E-state index contributed by atoms with van der Waals surface area (Å²) in [6.45, 7) is 2.25. The van der Waals surface area contributed by atoms with Crippen molar-refractivity contribution < 1.29 is 14.8 Å². The van der Waals surface area contributed by atoms with Gasteiger partial charge >= 0.3 is 0 Å². The van der Waals surface area contributed by atoms with Crippen molar-refractivity contribution in [3.63, 3.8) is 0 Å². The van der Waals surface area contributed by atoms with Crippen molar-refractivity contribution in [2.24, 2.45) is 0 Å². The summed E-state index contributed by atoms with van der Waals surface area (Å²) in [7, 11) is 0. The highest BCUT2D eigenvalue weighted by Crippen LogP contribution is 2.37. The zero-order chi connectivity index (χ0) is 15.7. The van der Waals surface area contributed by atoms with Gasteiger partial charge in [0.05, 0.1) is 14.3 Å². The Bertz CT molecular complexity index is 690. The summed E-state index contributed by atoms with van der Waals surface area (Å²) >= 11 is 9.24. The quantitative estimate of drug-likeness (QED) is 0.370. The monoisotopic (exact) mass is 388 g/mol. The van der Waals surface area contributed by atoms with Crippen LogP contribution in [0.25, 0.3) is 6.08 Å². The number of halogens is 1. The Hall–Kier alpha value is -1.45. The molecule has 1 N–H and O–H groups in total. The topological polar surface area (TPSA) is 83.7 Å². The average molecular weight is 389 g/mol. The number of hydrogen-bond acceptors (Lipinski definition) is 6. The van der Waals surface area contributed by atoms with Crippen LogP contribution in [0.5, 0.6) is 5.75 Å². The molecule has 0 bridgehead atoms. The number of amides is 1. The van der Waals surface area contributed by atoms with Crippen molar-refractivity contribution in [2.75, 3.05) is 6.54 Å². The fraction of sp³-hybridized carbons (Fsp3) is 0.167. The molecule has 0 saturated carbocycles. The van der Waals surface area contributed by atoms with Crippen LogP contribution in [0.1, 0.15) is 12.5 Å². The van der Waals surface area contributed by atoms with Crippen molar-refractivity contribution in [3.05, 3.63) is 37.2 Å². The van der Waals surface area contributed by atoms with Crippen LogP contribution in [-0.4, -0.2) is 31.7 Å². The van der Waals surface area contributed by atoms with Gasteiger partial charge in [0, 0.05) is 24.2 Å². The molecule has 0 atom stereocenters. The number of nitrogens with zero attached hydrogens (tertiary/aromatic N) is 2. The Labute approximate surface area is 138 Å². The molecule has 0 radical (unpaired) electrons. The van der Waals surface area contributed by atoms with E-state index in [0.717, 1.165) is 11.8 Å². The molecule has 6 nitrogen and oxygen atoms in total. The van der Waals surface area contributed by atoms with Crippen LogP contribution in [0.3, 0.4) is 0 Å². The van der Waals surface area contributed by atoms with Crippen molar-refractivity contribution in [1.29, 1.82) is 0 Å². The largest absolute Gasteiger partial charge is 0.506 e. The van der Waals surface area contributed by atoms with E-state index in [1.165, 1.54) is 23.1 Å². The van der Waals surface area contributed by atoms with Crippen molar-refractivity contribution in [3.8, 4) is 5.75 Å². The molecule has 2 rings (SSSR count). The standard InChI is InChI=1S/C12H9BrN2O4S2/c1-2-14-11(17)9(21-12(14)20)4-6-3-7(15(18)19)5-8(13)10(6)16/h3-5,16H,2H2,1H3. The van der Waals surface area contributed by atoms with Crippen molar-refractivity contribution in [2.45, 2.75) is 6.92 Å². The predicted molar refractivity (Wildman–Crippen MR) is 88.0 cm³/mol. The normalized spacial score (nSPS) is 16.9. The summed E-state index contributed by atoms with van der Waals surface area (Å²) in [5, 5.41) is 20.8. The molecule has 1 aliphatic heterocycles. The number of nitro benzene ring substituents is 1. The van der Waals surface area contributed by atoms with Gasteiger partial charge in [0.1, 0.15) is 10.1 Å². The third-order valence-electron chi connectivity index (χ3n) is 2.76. The van der Waals surface area contributed by atoms with Crippen molar-refractivity contribution in [1.82, 2.24) is 4.90 Å². The fourth-order valence-electron chi connectivity index (χ4n) is 1.73. The molecule has 1 aromatic rings. The highest BCUT2D eigenvalue weighted by molar-refractivity contribution is 9.10. The molecule has 1 fully saturated rings. The number of benzene rings is 1. The Morgan fingerprint density at radius 3 is 2.76 bits per heavy atom. The van der Waals surface area contributed by atoms with Gasteiger partial charge in [-0.05, 0) is 28.9 Å². The zero-order valence-electron chi connectivity index (χ0n) is 10.7. The van der Waals surface area contributed by atoms with Crippen LogP contribution in [-0.2, 0) is 4.79 Å². The number of aromatic hydroxyl groups is 1. The van der Waals surface area contributed by atoms with E-state index in [2.05, 4.69) is 15.9 Å². The Kier molecular flexibility index (Phi) is 4.64. The lowest BCUT2D eigenvalue weighted by Gasteiger charge is -2.09. The van der Waals surface area contributed by atoms with Gasteiger partial charge in [0.15, 0.2) is 0 Å². The second kappa shape index (κ2) is 6.12. The summed E-state index contributed by atoms with van der Waals surface area (Å²) in [5.74, 6) is -0.433. The minimum atomic E-state index is -0.571. The van der Waals surface area contributed by atoms with Gasteiger partial charge in [-0.3, -0.25) is 19.8 Å². The lowest BCUT2D eigenvalue weighted by atomic mass is 10.1. The Morgan fingerprint density at radius 1 is 1.57 bits per heavy atom. The van der Waals surface area contributed by atoms with Gasteiger partial charge in [-0.1, -0.05) is 24.0 Å². The first-order valence-electron chi connectivity index (χ1n) is 5.77. The molecule has 0 aromatic heterocycles. The van der Waals surface area contributed by atoms with Gasteiger partial charge in [-0.15, -0.1) is 0 Å². The number of nitro groups is 1. The third kappa shape index (κ3) is 3.09. The molecule has 1 aromatic carbocycles. The van der Waals surface area contributed by atoms with E-state index in [-0.39, 0.29) is 27.4 Å². The van der Waals surface area contributed by atoms with Gasteiger partial charge in [-0.25, -0.2) is 0 Å². The van der Waals surface area contributed by atoms with Gasteiger partial charge in [0.2, 0.25) is 0 Å². The van der Waals surface area contributed by atoms with E-state index in [4.69, 9.17) is 12.2 Å². The summed E-state index contributed by atoms with van der Waals surface area (Å²) < 4.78 is 0.617. The van der Waals surface area contributed by atoms with Crippen LogP contribution in [0.4, 0.5) is 5.69 Å². The Morgan fingerprint density at radius 2 is 2.24 bits per heavy atom. The second-order valence-electron chi connectivity index (χ2n) is 4.05. The molecule has 1 saturated heterocycles. The maximum atomic E-state index is 12.1. The van der Waals surface area contributed by atoms with E-state index >= 15 is 0 Å². The lowest BCUT2D eigenvalue weighted by Crippen LogP contribution is -2.27. The Balaban J connectivity index is 2.48. The molecule has 9 heteroatoms. The molecule has 1 aliphatic rings. The number of likely N-dealkylation sites (N-methyl/N-ethyl adjacent to an activating group) is 1. The smallest absolute Gasteiger partial charge is 0.271 e. The fourth-order valence-corrected chi connectivity index (χ4v) is 3.57. The lowest BCUT2D eigenvalue weighted by molar-refractivity contribution is -0.385. The first-order chi connectivity index (χ1) is 9.85. The van der Waals surface area contributed by atoms with Gasteiger partial charge in [-0.2, -0.15) is 0 Å². The number of carbonyl (C=O) groups is 1. The highest BCUT2D eigenvalue weighted by Gasteiger charge is 2.31. The van der Waals surface area contributed by atoms with Crippen LogP contribution in [0.15, 0.2) is 21.5 Å². The van der Waals surface area contributed by atoms with E-state index in [1.54, 1.807) is 6.92 Å². The maximum Gasteiger partial charge on any atom is 0.271 e. The van der Waals surface area contributed by atoms with Crippen LogP contribution in [0.2, 0.25) is 0 Å². The van der Waals surface area contributed by atoms with Gasteiger partial charge in [0.25, 0.3) is 11.6 Å². The third-order valence-corrected chi connectivity index (χ3v) is 4.75. The zero-order valence-corrected chi connectivity index (χ0v) is 13.9. The van der Waals surface area contributed by atoms with Crippen molar-refractivity contribution >= 4 is 61.9 Å². The van der Waals surface area contributed by atoms with E-state index in [1.807, 2.05) is 0 Å². The molecule has 1 amide bonds. The number of hydrogen-bond donors (Lipinski definition) is 1. The molecule has 1 heterocycles. The summed E-state index contributed by atoms with van der Waals surface area (Å²) in [6, 6.07) is 2.41.